The number of nitrogens with zero attached hydrogens (tertiary/aromatic N) is 1. The number of ether oxygens (including phenoxy) is 2. The van der Waals surface area contributed by atoms with Crippen LogP contribution < -0.4 is 14.8 Å². The molecule has 0 saturated carbocycles. The molecule has 0 atom stereocenters. The molecule has 1 aliphatic rings. The second-order valence-corrected chi connectivity index (χ2v) is 9.70. The van der Waals surface area contributed by atoms with Crippen LogP contribution in [0.25, 0.3) is 0 Å². The molecule has 1 fully saturated rings. The fourth-order valence-electron chi connectivity index (χ4n) is 3.66. The van der Waals surface area contributed by atoms with Crippen molar-refractivity contribution in [3.63, 3.8) is 0 Å². The number of piperidine rings is 1. The molecule has 4 rings (SSSR count). The number of furan rings is 1. The number of rotatable bonds is 8. The lowest BCUT2D eigenvalue weighted by Gasteiger charge is -2.26. The molecule has 0 unspecified atom stereocenters. The minimum absolute atomic E-state index is 0.00234. The summed E-state index contributed by atoms with van der Waals surface area (Å²) in [6.45, 7) is 0.966. The highest BCUT2D eigenvalue weighted by Crippen LogP contribution is 2.31. The number of methoxy groups -OCH3 is 1. The average Bonchev–Trinajstić information content (AvgIpc) is 3.33. The van der Waals surface area contributed by atoms with Gasteiger partial charge in [-0.3, -0.25) is 4.79 Å². The van der Waals surface area contributed by atoms with Gasteiger partial charge in [0.05, 0.1) is 7.11 Å². The number of nitrogens with one attached hydrogen (secondary N) is 1. The third-order valence-corrected chi connectivity index (χ3v) is 7.35. The number of hydrogen-bond acceptors (Lipinski definition) is 6. The fraction of sp³-hybridized carbons (Fsp3) is 0.292. The molecule has 3 aromatic rings. The topological polar surface area (TPSA) is 98.1 Å². The van der Waals surface area contributed by atoms with E-state index in [4.69, 9.17) is 13.9 Å². The summed E-state index contributed by atoms with van der Waals surface area (Å²) in [4.78, 5) is 12.7. The third-order valence-electron chi connectivity index (χ3n) is 5.43. The Balaban J connectivity index is 1.46. The largest absolute Gasteiger partial charge is 0.495 e. The molecule has 180 valence electrons. The normalized spacial score (nSPS) is 14.5. The molecule has 8 nitrogen and oxygen atoms in total. The maximum atomic E-state index is 13.2. The number of amides is 1. The van der Waals surface area contributed by atoms with Crippen molar-refractivity contribution in [1.82, 2.24) is 4.31 Å². The lowest BCUT2D eigenvalue weighted by molar-refractivity contribution is 0.0992. The Morgan fingerprint density at radius 2 is 1.79 bits per heavy atom. The van der Waals surface area contributed by atoms with Crippen molar-refractivity contribution in [3.05, 3.63) is 71.9 Å². The zero-order valence-electron chi connectivity index (χ0n) is 18.6. The van der Waals surface area contributed by atoms with Crippen molar-refractivity contribution < 1.29 is 31.5 Å². The van der Waals surface area contributed by atoms with Gasteiger partial charge in [0.1, 0.15) is 34.6 Å². The molecule has 34 heavy (non-hydrogen) atoms. The van der Waals surface area contributed by atoms with E-state index >= 15 is 0 Å². The van der Waals surface area contributed by atoms with Gasteiger partial charge in [0.15, 0.2) is 5.76 Å². The Hall–Kier alpha value is -3.37. The lowest BCUT2D eigenvalue weighted by Crippen LogP contribution is -2.35. The Kier molecular flexibility index (Phi) is 7.18. The van der Waals surface area contributed by atoms with Gasteiger partial charge in [-0.25, -0.2) is 12.8 Å². The molecule has 0 bridgehead atoms. The van der Waals surface area contributed by atoms with Gasteiger partial charge in [0.2, 0.25) is 10.0 Å². The van der Waals surface area contributed by atoms with Crippen LogP contribution in [0.1, 0.15) is 35.6 Å². The van der Waals surface area contributed by atoms with E-state index in [2.05, 4.69) is 5.32 Å². The predicted octanol–water partition coefficient (Wildman–Crippen LogP) is 4.43. The van der Waals surface area contributed by atoms with Crippen molar-refractivity contribution in [3.8, 4) is 11.5 Å². The summed E-state index contributed by atoms with van der Waals surface area (Å²) in [6, 6.07) is 13.1. The molecule has 0 aliphatic carbocycles. The molecular weight excluding hydrogens is 463 g/mol. The molecule has 10 heteroatoms. The molecule has 2 aromatic carbocycles. The number of carbonyl (C=O) groups is 1. The summed E-state index contributed by atoms with van der Waals surface area (Å²) in [7, 11) is -2.36. The molecule has 1 aliphatic heterocycles. The van der Waals surface area contributed by atoms with Crippen LogP contribution in [0.15, 0.2) is 63.9 Å². The SMILES string of the molecule is COc1ccc(NC(=O)c2ccc(COc3ccc(F)cc3)o2)cc1S(=O)(=O)N1CCCCC1. The Morgan fingerprint density at radius 1 is 1.06 bits per heavy atom. The van der Waals surface area contributed by atoms with Crippen molar-refractivity contribution >= 4 is 21.6 Å². The summed E-state index contributed by atoms with van der Waals surface area (Å²) in [5.74, 6) is 0.201. The lowest BCUT2D eigenvalue weighted by atomic mass is 10.2. The fourth-order valence-corrected chi connectivity index (χ4v) is 5.35. The molecule has 0 radical (unpaired) electrons. The van der Waals surface area contributed by atoms with Gasteiger partial charge in [0.25, 0.3) is 5.91 Å². The van der Waals surface area contributed by atoms with E-state index < -0.39 is 15.9 Å². The van der Waals surface area contributed by atoms with Crippen molar-refractivity contribution in [2.75, 3.05) is 25.5 Å². The van der Waals surface area contributed by atoms with Gasteiger partial charge in [0, 0.05) is 18.8 Å². The Morgan fingerprint density at radius 3 is 2.50 bits per heavy atom. The van der Waals surface area contributed by atoms with E-state index in [0.717, 1.165) is 19.3 Å². The first-order chi connectivity index (χ1) is 16.4. The quantitative estimate of drug-likeness (QED) is 0.504. The predicted molar refractivity (Wildman–Crippen MR) is 123 cm³/mol. The summed E-state index contributed by atoms with van der Waals surface area (Å²) < 4.78 is 57.1. The monoisotopic (exact) mass is 488 g/mol. The van der Waals surface area contributed by atoms with E-state index in [1.54, 1.807) is 12.1 Å². The van der Waals surface area contributed by atoms with Crippen LogP contribution in [0.3, 0.4) is 0 Å². The minimum Gasteiger partial charge on any atom is -0.495 e. The van der Waals surface area contributed by atoms with E-state index in [-0.39, 0.29) is 28.8 Å². The Bertz CT molecular complexity index is 1250. The van der Waals surface area contributed by atoms with Crippen molar-refractivity contribution in [1.29, 1.82) is 0 Å². The second-order valence-electron chi connectivity index (χ2n) is 7.79. The summed E-state index contributed by atoms with van der Waals surface area (Å²) in [6.07, 6.45) is 2.62. The minimum atomic E-state index is -3.77. The van der Waals surface area contributed by atoms with E-state index in [9.17, 15) is 17.6 Å². The highest BCUT2D eigenvalue weighted by Gasteiger charge is 2.29. The average molecular weight is 489 g/mol. The maximum absolute atomic E-state index is 13.2. The van der Waals surface area contributed by atoms with Crippen molar-refractivity contribution in [2.24, 2.45) is 0 Å². The molecule has 1 amide bonds. The Labute approximate surface area is 197 Å². The first-order valence-corrected chi connectivity index (χ1v) is 12.3. The van der Waals surface area contributed by atoms with Crippen molar-refractivity contribution in [2.45, 2.75) is 30.8 Å². The third kappa shape index (κ3) is 5.40. The van der Waals surface area contributed by atoms with Gasteiger partial charge in [-0.05, 0) is 67.4 Å². The second kappa shape index (κ2) is 10.3. The van der Waals surface area contributed by atoms with E-state index in [1.807, 2.05) is 0 Å². The zero-order valence-corrected chi connectivity index (χ0v) is 19.4. The molecule has 0 spiro atoms. The van der Waals surface area contributed by atoms with Crippen LogP contribution in [0.4, 0.5) is 10.1 Å². The van der Waals surface area contributed by atoms with Crippen LogP contribution in [-0.2, 0) is 16.6 Å². The number of sulfonamides is 1. The molecular formula is C24H25FN2O6S. The van der Waals surface area contributed by atoms with Gasteiger partial charge in [-0.2, -0.15) is 4.31 Å². The van der Waals surface area contributed by atoms with E-state index in [0.29, 0.717) is 30.3 Å². The van der Waals surface area contributed by atoms with E-state index in [1.165, 1.54) is 53.9 Å². The van der Waals surface area contributed by atoms with Crippen LogP contribution in [0.2, 0.25) is 0 Å². The number of anilines is 1. The first kappa shape index (κ1) is 23.8. The van der Waals surface area contributed by atoms with Gasteiger partial charge in [-0.1, -0.05) is 6.42 Å². The number of benzene rings is 2. The molecule has 2 heterocycles. The molecule has 1 aromatic heterocycles. The highest BCUT2D eigenvalue weighted by molar-refractivity contribution is 7.89. The smallest absolute Gasteiger partial charge is 0.291 e. The standard InChI is InChI=1S/C24H25FN2O6S/c1-31-21-11-7-18(15-23(21)34(29,30)27-13-3-2-4-14-27)26-24(28)22-12-10-20(33-22)16-32-19-8-5-17(25)6-9-19/h5-12,15H,2-4,13-14,16H2,1H3,(H,26,28). The highest BCUT2D eigenvalue weighted by atomic mass is 32.2. The van der Waals surface area contributed by atoms with Gasteiger partial charge < -0.3 is 19.2 Å². The maximum Gasteiger partial charge on any atom is 0.291 e. The summed E-state index contributed by atoms with van der Waals surface area (Å²) >= 11 is 0. The van der Waals surface area contributed by atoms with Gasteiger partial charge in [-0.15, -0.1) is 0 Å². The molecule has 1 saturated heterocycles. The summed E-state index contributed by atoms with van der Waals surface area (Å²) in [5.41, 5.74) is 0.293. The summed E-state index contributed by atoms with van der Waals surface area (Å²) in [5, 5.41) is 2.66. The first-order valence-electron chi connectivity index (χ1n) is 10.8. The number of carbonyl (C=O) groups excluding carboxylic acids is 1. The number of hydrogen-bond donors (Lipinski definition) is 1. The van der Waals surface area contributed by atoms with Crippen LogP contribution in [0, 0.1) is 5.82 Å². The van der Waals surface area contributed by atoms with Gasteiger partial charge >= 0.3 is 0 Å². The zero-order chi connectivity index (χ0) is 24.1. The van der Waals surface area contributed by atoms with Crippen LogP contribution >= 0.6 is 0 Å². The molecule has 1 N–H and O–H groups in total. The number of halogens is 1. The van der Waals surface area contributed by atoms with Crippen LogP contribution in [-0.4, -0.2) is 38.8 Å². The van der Waals surface area contributed by atoms with Crippen LogP contribution in [0.5, 0.6) is 11.5 Å².